The highest BCUT2D eigenvalue weighted by Gasteiger charge is 2.24. The van der Waals surface area contributed by atoms with Crippen molar-refractivity contribution in [2.24, 2.45) is 0 Å². The van der Waals surface area contributed by atoms with Crippen LogP contribution < -0.4 is 5.32 Å². The summed E-state index contributed by atoms with van der Waals surface area (Å²) in [4.78, 5) is 24.9. The van der Waals surface area contributed by atoms with Gasteiger partial charge in [0.05, 0.1) is 6.61 Å². The van der Waals surface area contributed by atoms with Gasteiger partial charge >= 0.3 is 5.97 Å². The van der Waals surface area contributed by atoms with Crippen LogP contribution in [0, 0.1) is 0 Å². The number of aromatic nitrogens is 1. The SMILES string of the molecule is CCOC(=O)c1c(-c2ccccc2)csc1NC(=O)c1cc(CC)on1. The predicted octanol–water partition coefficient (Wildman–Crippen LogP) is 4.39. The van der Waals surface area contributed by atoms with Gasteiger partial charge in [-0.1, -0.05) is 42.4 Å². The summed E-state index contributed by atoms with van der Waals surface area (Å²) in [6.45, 7) is 3.90. The maximum atomic E-state index is 12.5. The van der Waals surface area contributed by atoms with E-state index in [9.17, 15) is 9.59 Å². The van der Waals surface area contributed by atoms with E-state index < -0.39 is 11.9 Å². The van der Waals surface area contributed by atoms with Crippen LogP contribution in [0.2, 0.25) is 0 Å². The molecule has 3 rings (SSSR count). The zero-order chi connectivity index (χ0) is 18.5. The first-order chi connectivity index (χ1) is 12.6. The van der Waals surface area contributed by atoms with Gasteiger partial charge in [-0.25, -0.2) is 4.79 Å². The summed E-state index contributed by atoms with van der Waals surface area (Å²) in [6.07, 6.45) is 0.644. The first kappa shape index (κ1) is 17.9. The highest BCUT2D eigenvalue weighted by atomic mass is 32.1. The molecule has 0 saturated heterocycles. The number of nitrogens with zero attached hydrogens (tertiary/aromatic N) is 1. The third kappa shape index (κ3) is 3.67. The standard InChI is InChI=1S/C19H18N2O4S/c1-3-13-10-15(21-25-13)17(22)20-18-16(19(23)24-4-2)14(11-26-18)12-8-6-5-7-9-12/h5-11H,3-4H2,1-2H3,(H,20,22). The van der Waals surface area contributed by atoms with E-state index in [-0.39, 0.29) is 12.3 Å². The number of hydrogen-bond donors (Lipinski definition) is 1. The number of hydrogen-bond acceptors (Lipinski definition) is 6. The van der Waals surface area contributed by atoms with E-state index in [1.54, 1.807) is 13.0 Å². The van der Waals surface area contributed by atoms with Crippen molar-refractivity contribution in [3.8, 4) is 11.1 Å². The zero-order valence-electron chi connectivity index (χ0n) is 14.4. The molecule has 1 N–H and O–H groups in total. The third-order valence-electron chi connectivity index (χ3n) is 3.72. The summed E-state index contributed by atoms with van der Waals surface area (Å²) < 4.78 is 10.2. The maximum Gasteiger partial charge on any atom is 0.341 e. The minimum absolute atomic E-state index is 0.173. The number of aryl methyl sites for hydroxylation is 1. The molecule has 0 fully saturated rings. The van der Waals surface area contributed by atoms with Gasteiger partial charge in [-0.15, -0.1) is 11.3 Å². The van der Waals surface area contributed by atoms with E-state index >= 15 is 0 Å². The summed E-state index contributed by atoms with van der Waals surface area (Å²) in [5, 5.41) is 8.77. The monoisotopic (exact) mass is 370 g/mol. The molecule has 2 aromatic heterocycles. The van der Waals surface area contributed by atoms with E-state index in [1.807, 2.05) is 42.6 Å². The van der Waals surface area contributed by atoms with Gasteiger partial charge in [0.25, 0.3) is 5.91 Å². The van der Waals surface area contributed by atoms with Crippen molar-refractivity contribution in [3.63, 3.8) is 0 Å². The zero-order valence-corrected chi connectivity index (χ0v) is 15.3. The van der Waals surface area contributed by atoms with E-state index in [2.05, 4.69) is 10.5 Å². The summed E-state index contributed by atoms with van der Waals surface area (Å²) in [7, 11) is 0. The number of thiophene rings is 1. The van der Waals surface area contributed by atoms with Gasteiger partial charge in [0.15, 0.2) is 5.69 Å². The first-order valence-corrected chi connectivity index (χ1v) is 9.13. The lowest BCUT2D eigenvalue weighted by Gasteiger charge is -2.08. The molecule has 0 aliphatic carbocycles. The van der Waals surface area contributed by atoms with Crippen LogP contribution >= 0.6 is 11.3 Å². The summed E-state index contributed by atoms with van der Waals surface area (Å²) in [5.41, 5.74) is 2.11. The molecule has 0 spiro atoms. The number of anilines is 1. The number of rotatable bonds is 6. The second kappa shape index (κ2) is 7.97. The van der Waals surface area contributed by atoms with Crippen LogP contribution in [0.5, 0.6) is 0 Å². The molecule has 26 heavy (non-hydrogen) atoms. The third-order valence-corrected chi connectivity index (χ3v) is 4.62. The second-order valence-corrected chi connectivity index (χ2v) is 6.31. The Hall–Kier alpha value is -2.93. The first-order valence-electron chi connectivity index (χ1n) is 8.25. The molecule has 0 unspecified atom stereocenters. The largest absolute Gasteiger partial charge is 0.462 e. The van der Waals surface area contributed by atoms with E-state index in [0.717, 1.165) is 11.1 Å². The van der Waals surface area contributed by atoms with Crippen LogP contribution in [-0.4, -0.2) is 23.6 Å². The number of amides is 1. The smallest absolute Gasteiger partial charge is 0.341 e. The maximum absolute atomic E-state index is 12.5. The number of carbonyl (C=O) groups is 2. The highest BCUT2D eigenvalue weighted by molar-refractivity contribution is 7.15. The average Bonchev–Trinajstić information content (AvgIpc) is 3.29. The quantitative estimate of drug-likeness (QED) is 0.651. The molecule has 1 amide bonds. The van der Waals surface area contributed by atoms with E-state index in [0.29, 0.717) is 22.7 Å². The fraction of sp³-hybridized carbons (Fsp3) is 0.211. The number of benzene rings is 1. The Bertz CT molecular complexity index is 915. The van der Waals surface area contributed by atoms with Crippen LogP contribution in [0.1, 0.15) is 40.5 Å². The molecule has 0 bridgehead atoms. The van der Waals surface area contributed by atoms with Gasteiger partial charge < -0.3 is 14.6 Å². The Balaban J connectivity index is 1.95. The van der Waals surface area contributed by atoms with Crippen molar-refractivity contribution in [1.29, 1.82) is 0 Å². The fourth-order valence-electron chi connectivity index (χ4n) is 2.44. The predicted molar refractivity (Wildman–Crippen MR) is 99.5 cm³/mol. The Labute approximate surface area is 154 Å². The number of ether oxygens (including phenoxy) is 1. The summed E-state index contributed by atoms with van der Waals surface area (Å²) in [6, 6.07) is 11.1. The van der Waals surface area contributed by atoms with Crippen molar-refractivity contribution >= 4 is 28.2 Å². The van der Waals surface area contributed by atoms with Gasteiger partial charge in [-0.05, 0) is 12.5 Å². The molecule has 0 aliphatic rings. The Morgan fingerprint density at radius 3 is 2.65 bits per heavy atom. The van der Waals surface area contributed by atoms with E-state index in [1.165, 1.54) is 11.3 Å². The molecule has 0 radical (unpaired) electrons. The van der Waals surface area contributed by atoms with Crippen LogP contribution in [-0.2, 0) is 11.2 Å². The average molecular weight is 370 g/mol. The van der Waals surface area contributed by atoms with Crippen LogP contribution in [0.25, 0.3) is 11.1 Å². The number of esters is 1. The normalized spacial score (nSPS) is 10.5. The lowest BCUT2D eigenvalue weighted by Crippen LogP contribution is -2.15. The lowest BCUT2D eigenvalue weighted by molar-refractivity contribution is 0.0529. The van der Waals surface area contributed by atoms with Crippen molar-refractivity contribution in [2.75, 3.05) is 11.9 Å². The topological polar surface area (TPSA) is 81.4 Å². The number of nitrogens with one attached hydrogen (secondary N) is 1. The molecule has 6 nitrogen and oxygen atoms in total. The van der Waals surface area contributed by atoms with E-state index in [4.69, 9.17) is 9.26 Å². The van der Waals surface area contributed by atoms with Crippen LogP contribution in [0.3, 0.4) is 0 Å². The van der Waals surface area contributed by atoms with Gasteiger partial charge in [0, 0.05) is 23.4 Å². The highest BCUT2D eigenvalue weighted by Crippen LogP contribution is 2.36. The van der Waals surface area contributed by atoms with Crippen LogP contribution in [0.4, 0.5) is 5.00 Å². The van der Waals surface area contributed by atoms with Crippen molar-refractivity contribution in [3.05, 3.63) is 58.8 Å². The van der Waals surface area contributed by atoms with Crippen molar-refractivity contribution in [2.45, 2.75) is 20.3 Å². The van der Waals surface area contributed by atoms with Crippen molar-refractivity contribution in [1.82, 2.24) is 5.16 Å². The minimum Gasteiger partial charge on any atom is -0.462 e. The molecule has 0 aliphatic heterocycles. The molecular weight excluding hydrogens is 352 g/mol. The molecule has 1 aromatic carbocycles. The Kier molecular flexibility index (Phi) is 5.48. The van der Waals surface area contributed by atoms with Gasteiger partial charge in [-0.3, -0.25) is 4.79 Å². The summed E-state index contributed by atoms with van der Waals surface area (Å²) >= 11 is 1.27. The molecule has 134 valence electrons. The fourth-order valence-corrected chi connectivity index (χ4v) is 3.39. The lowest BCUT2D eigenvalue weighted by atomic mass is 10.0. The molecule has 2 heterocycles. The molecular formula is C19H18N2O4S. The second-order valence-electron chi connectivity index (χ2n) is 5.43. The Morgan fingerprint density at radius 2 is 2.00 bits per heavy atom. The van der Waals surface area contributed by atoms with Gasteiger partial charge in [0.1, 0.15) is 16.3 Å². The molecule has 7 heteroatoms. The molecule has 0 saturated carbocycles. The van der Waals surface area contributed by atoms with Gasteiger partial charge in [-0.2, -0.15) is 0 Å². The Morgan fingerprint density at radius 1 is 1.23 bits per heavy atom. The summed E-state index contributed by atoms with van der Waals surface area (Å²) in [5.74, 6) is -0.283. The van der Waals surface area contributed by atoms with Crippen LogP contribution in [0.15, 0.2) is 46.3 Å². The molecule has 0 atom stereocenters. The van der Waals surface area contributed by atoms with Gasteiger partial charge in [0.2, 0.25) is 0 Å². The minimum atomic E-state index is -0.475. The van der Waals surface area contributed by atoms with Crippen molar-refractivity contribution < 1.29 is 18.8 Å². The molecule has 3 aromatic rings. The number of carbonyl (C=O) groups excluding carboxylic acids is 2.